The van der Waals surface area contributed by atoms with Crippen LogP contribution in [0.1, 0.15) is 12.8 Å². The Hall–Kier alpha value is -1.71. The third-order valence-electron chi connectivity index (χ3n) is 1.93. The van der Waals surface area contributed by atoms with E-state index in [2.05, 4.69) is 5.32 Å². The number of carbonyl (C=O) groups excluding carboxylic acids is 3. The quantitative estimate of drug-likeness (QED) is 0.512. The molecule has 0 aromatic carbocycles. The molecule has 1 rings (SSSR count). The highest BCUT2D eigenvalue weighted by atomic mass is 16.2. The second-order valence-electron chi connectivity index (χ2n) is 2.95. The molecule has 4 heteroatoms. The maximum atomic E-state index is 10.9. The van der Waals surface area contributed by atoms with Crippen LogP contribution in [0.2, 0.25) is 0 Å². The number of allylic oxidation sites excluding steroid dienone is 4. The molecule has 1 aliphatic rings. The number of hydrogen-bond donors (Lipinski definition) is 1. The van der Waals surface area contributed by atoms with Crippen molar-refractivity contribution < 1.29 is 14.4 Å². The monoisotopic (exact) mass is 193 g/mol. The van der Waals surface area contributed by atoms with Crippen molar-refractivity contribution in [2.75, 3.05) is 7.05 Å². The van der Waals surface area contributed by atoms with Gasteiger partial charge < -0.3 is 5.32 Å². The van der Waals surface area contributed by atoms with E-state index in [1.165, 1.54) is 12.2 Å². The lowest BCUT2D eigenvalue weighted by Gasteiger charge is -2.04. The fraction of sp³-hybridized carbons (Fsp3) is 0.300. The Morgan fingerprint density at radius 1 is 1.29 bits per heavy atom. The largest absolute Gasteiger partial charge is 0.359 e. The molecule has 0 fully saturated rings. The molecule has 0 aromatic rings. The van der Waals surface area contributed by atoms with Crippen LogP contribution in [-0.4, -0.2) is 24.5 Å². The topological polar surface area (TPSA) is 63.2 Å². The van der Waals surface area contributed by atoms with Gasteiger partial charge in [0.2, 0.25) is 17.5 Å². The van der Waals surface area contributed by atoms with Crippen LogP contribution < -0.4 is 5.32 Å². The van der Waals surface area contributed by atoms with Crippen LogP contribution in [0, 0.1) is 0 Å². The average Bonchev–Trinajstić information content (AvgIpc) is 2.19. The minimum Gasteiger partial charge on any atom is -0.359 e. The maximum absolute atomic E-state index is 10.9. The fourth-order valence-corrected chi connectivity index (χ4v) is 1.09. The van der Waals surface area contributed by atoms with Crippen molar-refractivity contribution in [3.63, 3.8) is 0 Å². The van der Waals surface area contributed by atoms with E-state index in [-0.39, 0.29) is 5.91 Å². The first-order valence-electron chi connectivity index (χ1n) is 4.31. The van der Waals surface area contributed by atoms with Crippen molar-refractivity contribution in [3.05, 3.63) is 23.8 Å². The molecule has 4 nitrogen and oxygen atoms in total. The molecule has 0 unspecified atom stereocenters. The minimum atomic E-state index is -0.514. The summed E-state index contributed by atoms with van der Waals surface area (Å²) in [5.74, 6) is -1.10. The van der Waals surface area contributed by atoms with Crippen LogP contribution in [0.25, 0.3) is 0 Å². The molecular weight excluding hydrogens is 182 g/mol. The van der Waals surface area contributed by atoms with Gasteiger partial charge in [0.1, 0.15) is 0 Å². The Morgan fingerprint density at radius 2 is 2.00 bits per heavy atom. The summed E-state index contributed by atoms with van der Waals surface area (Å²) in [5.41, 5.74) is 0.721. The number of carbonyl (C=O) groups is 3. The van der Waals surface area contributed by atoms with E-state index in [9.17, 15) is 14.4 Å². The SMILES string of the molecule is CNC(=O)CCC1=CC(=O)C(=O)C=C1. The van der Waals surface area contributed by atoms with Crippen molar-refractivity contribution >= 4 is 17.5 Å². The summed E-state index contributed by atoms with van der Waals surface area (Å²) in [5, 5.41) is 2.48. The zero-order valence-electron chi connectivity index (χ0n) is 7.87. The van der Waals surface area contributed by atoms with Gasteiger partial charge in [-0.25, -0.2) is 0 Å². The lowest BCUT2D eigenvalue weighted by atomic mass is 10.0. The van der Waals surface area contributed by atoms with Gasteiger partial charge in [0.15, 0.2) is 0 Å². The molecule has 0 saturated carbocycles. The Labute approximate surface area is 81.7 Å². The summed E-state index contributed by atoms with van der Waals surface area (Å²) < 4.78 is 0. The van der Waals surface area contributed by atoms with Crippen molar-refractivity contribution in [1.82, 2.24) is 5.32 Å². The smallest absolute Gasteiger partial charge is 0.225 e. The Balaban J connectivity index is 2.51. The fourth-order valence-electron chi connectivity index (χ4n) is 1.09. The second-order valence-corrected chi connectivity index (χ2v) is 2.95. The summed E-state index contributed by atoms with van der Waals surface area (Å²) in [7, 11) is 1.56. The van der Waals surface area contributed by atoms with Gasteiger partial charge in [-0.05, 0) is 24.1 Å². The Bertz CT molecular complexity index is 339. The van der Waals surface area contributed by atoms with Gasteiger partial charge in [0.25, 0.3) is 0 Å². The molecule has 0 bridgehead atoms. The molecule has 0 heterocycles. The van der Waals surface area contributed by atoms with Gasteiger partial charge in [-0.2, -0.15) is 0 Å². The first-order chi connectivity index (χ1) is 6.63. The van der Waals surface area contributed by atoms with Crippen LogP contribution in [0.5, 0.6) is 0 Å². The van der Waals surface area contributed by atoms with Gasteiger partial charge in [-0.3, -0.25) is 14.4 Å². The third-order valence-corrected chi connectivity index (χ3v) is 1.93. The first-order valence-corrected chi connectivity index (χ1v) is 4.31. The normalized spacial score (nSPS) is 15.4. The number of rotatable bonds is 3. The first kappa shape index (κ1) is 10.4. The van der Waals surface area contributed by atoms with Gasteiger partial charge in [0, 0.05) is 13.5 Å². The van der Waals surface area contributed by atoms with Crippen LogP contribution >= 0.6 is 0 Å². The van der Waals surface area contributed by atoms with E-state index in [0.717, 1.165) is 5.57 Å². The van der Waals surface area contributed by atoms with Crippen molar-refractivity contribution in [1.29, 1.82) is 0 Å². The summed E-state index contributed by atoms with van der Waals surface area (Å²) in [6.45, 7) is 0. The lowest BCUT2D eigenvalue weighted by Crippen LogP contribution is -2.18. The summed E-state index contributed by atoms with van der Waals surface area (Å²) in [4.78, 5) is 32.6. The average molecular weight is 193 g/mol. The molecule has 0 atom stereocenters. The minimum absolute atomic E-state index is 0.0800. The van der Waals surface area contributed by atoms with Crippen molar-refractivity contribution in [2.45, 2.75) is 12.8 Å². The van der Waals surface area contributed by atoms with E-state index in [1.807, 2.05) is 0 Å². The molecule has 0 aromatic heterocycles. The molecule has 1 N–H and O–H groups in total. The predicted molar refractivity (Wildman–Crippen MR) is 50.5 cm³/mol. The lowest BCUT2D eigenvalue weighted by molar-refractivity contribution is -0.131. The highest BCUT2D eigenvalue weighted by Gasteiger charge is 2.13. The molecule has 74 valence electrons. The zero-order chi connectivity index (χ0) is 10.6. The van der Waals surface area contributed by atoms with Gasteiger partial charge in [-0.15, -0.1) is 0 Å². The van der Waals surface area contributed by atoms with Gasteiger partial charge in [0.05, 0.1) is 0 Å². The number of ketones is 2. The summed E-state index contributed by atoms with van der Waals surface area (Å²) >= 11 is 0. The molecule has 0 spiro atoms. The maximum Gasteiger partial charge on any atom is 0.225 e. The predicted octanol–water partition coefficient (Wildman–Crippen LogP) is 0.147. The van der Waals surface area contributed by atoms with Gasteiger partial charge >= 0.3 is 0 Å². The molecule has 1 aliphatic carbocycles. The Morgan fingerprint density at radius 3 is 2.57 bits per heavy atom. The molecule has 0 radical (unpaired) electrons. The number of hydrogen-bond acceptors (Lipinski definition) is 3. The molecular formula is C10H11NO3. The number of amides is 1. The standard InChI is InChI=1S/C10H11NO3/c1-11-10(14)5-3-7-2-4-8(12)9(13)6-7/h2,4,6H,3,5H2,1H3,(H,11,14). The molecule has 14 heavy (non-hydrogen) atoms. The summed E-state index contributed by atoms with van der Waals surface area (Å²) in [6, 6.07) is 0. The van der Waals surface area contributed by atoms with E-state index >= 15 is 0 Å². The molecule has 0 saturated heterocycles. The van der Waals surface area contributed by atoms with E-state index in [4.69, 9.17) is 0 Å². The zero-order valence-corrected chi connectivity index (χ0v) is 7.87. The Kier molecular flexibility index (Phi) is 3.34. The van der Waals surface area contributed by atoms with Crippen LogP contribution in [0.15, 0.2) is 23.8 Å². The van der Waals surface area contributed by atoms with Crippen LogP contribution in [0.3, 0.4) is 0 Å². The third kappa shape index (κ3) is 2.65. The van der Waals surface area contributed by atoms with Crippen molar-refractivity contribution in [3.8, 4) is 0 Å². The van der Waals surface area contributed by atoms with E-state index in [1.54, 1.807) is 13.1 Å². The number of nitrogens with one attached hydrogen (secondary N) is 1. The van der Waals surface area contributed by atoms with Crippen molar-refractivity contribution in [2.24, 2.45) is 0 Å². The highest BCUT2D eigenvalue weighted by Crippen LogP contribution is 2.11. The molecule has 0 aliphatic heterocycles. The summed E-state index contributed by atoms with van der Waals surface area (Å²) in [6.07, 6.45) is 4.91. The van der Waals surface area contributed by atoms with Crippen LogP contribution in [0.4, 0.5) is 0 Å². The van der Waals surface area contributed by atoms with E-state index in [0.29, 0.717) is 12.8 Å². The second kappa shape index (κ2) is 4.50. The highest BCUT2D eigenvalue weighted by molar-refractivity contribution is 6.46. The van der Waals surface area contributed by atoms with E-state index < -0.39 is 11.6 Å². The van der Waals surface area contributed by atoms with Gasteiger partial charge in [-0.1, -0.05) is 6.08 Å². The van der Waals surface area contributed by atoms with Crippen LogP contribution in [-0.2, 0) is 14.4 Å². The molecule has 1 amide bonds.